The van der Waals surface area contributed by atoms with Crippen LogP contribution in [-0.4, -0.2) is 0 Å². The molecule has 0 amide bonds. The fraction of sp³-hybridized carbons (Fsp3) is 0.117. The molecule has 14 aromatic rings. The van der Waals surface area contributed by atoms with Gasteiger partial charge in [-0.2, -0.15) is 0 Å². The van der Waals surface area contributed by atoms with Gasteiger partial charge >= 0.3 is 0 Å². The van der Waals surface area contributed by atoms with E-state index in [0.29, 0.717) is 0 Å². The predicted octanol–water partition coefficient (Wildman–Crippen LogP) is 21.7. The third-order valence-electron chi connectivity index (χ3n) is 17.7. The number of para-hydroxylation sites is 6. The second-order valence-corrected chi connectivity index (χ2v) is 24.3. The minimum Gasteiger partial charge on any atom is -0.454 e. The molecule has 0 N–H and O–H groups in total. The summed E-state index contributed by atoms with van der Waals surface area (Å²) in [6, 6.07) is 89.9. The van der Waals surface area contributed by atoms with Crippen molar-refractivity contribution in [2.24, 2.45) is 0 Å². The van der Waals surface area contributed by atoms with Crippen molar-refractivity contribution in [3.8, 4) is 22.3 Å². The molecule has 0 radical (unpaired) electrons. The minimum absolute atomic E-state index is 0.0986. The van der Waals surface area contributed by atoms with E-state index in [2.05, 4.69) is 294 Å². The van der Waals surface area contributed by atoms with Gasteiger partial charge in [0.2, 0.25) is 0 Å². The monoisotopic (exact) mass is 1040 g/mol. The van der Waals surface area contributed by atoms with Crippen molar-refractivity contribution in [3.05, 3.63) is 276 Å². The number of fused-ring (bicyclic) bond motifs is 20. The van der Waals surface area contributed by atoms with Gasteiger partial charge in [-0.3, -0.25) is 0 Å². The molecule has 2 aliphatic rings. The van der Waals surface area contributed by atoms with Crippen LogP contribution in [0.25, 0.3) is 87.7 Å². The molecule has 0 aliphatic heterocycles. The van der Waals surface area contributed by atoms with Crippen LogP contribution in [0.4, 0.5) is 34.1 Å². The fourth-order valence-corrected chi connectivity index (χ4v) is 14.3. The lowest BCUT2D eigenvalue weighted by Crippen LogP contribution is -2.26. The molecule has 2 aliphatic carbocycles. The van der Waals surface area contributed by atoms with Crippen LogP contribution in [0.5, 0.6) is 0 Å². The van der Waals surface area contributed by atoms with E-state index in [1.165, 1.54) is 66.4 Å². The Morgan fingerprint density at radius 2 is 0.778 bits per heavy atom. The van der Waals surface area contributed by atoms with Crippen LogP contribution in [0.2, 0.25) is 0 Å². The quantitative estimate of drug-likeness (QED) is 0.166. The Morgan fingerprint density at radius 3 is 1.35 bits per heavy atom. The van der Waals surface area contributed by atoms with Gasteiger partial charge in [-0.15, -0.1) is 0 Å². The van der Waals surface area contributed by atoms with Crippen LogP contribution in [-0.2, 0) is 16.2 Å². The summed E-state index contributed by atoms with van der Waals surface area (Å²) in [6.07, 6.45) is 0. The first kappa shape index (κ1) is 47.4. The molecule has 12 aromatic carbocycles. The zero-order valence-corrected chi connectivity index (χ0v) is 46.3. The molecule has 0 atom stereocenters. The van der Waals surface area contributed by atoms with E-state index in [0.717, 1.165) is 88.8 Å². The van der Waals surface area contributed by atoms with Gasteiger partial charge in [-0.1, -0.05) is 230 Å². The average molecular weight is 1040 g/mol. The van der Waals surface area contributed by atoms with Gasteiger partial charge < -0.3 is 18.6 Å². The zero-order chi connectivity index (χ0) is 54.5. The van der Waals surface area contributed by atoms with E-state index in [4.69, 9.17) is 8.83 Å². The number of hydrogen-bond acceptors (Lipinski definition) is 4. The summed E-state index contributed by atoms with van der Waals surface area (Å²) in [5.74, 6) is 0. The van der Waals surface area contributed by atoms with Crippen molar-refractivity contribution < 1.29 is 8.83 Å². The maximum absolute atomic E-state index is 7.24. The molecule has 2 aromatic heterocycles. The first-order chi connectivity index (χ1) is 39.5. The highest BCUT2D eigenvalue weighted by Gasteiger charge is 2.53. The molecule has 2 heterocycles. The van der Waals surface area contributed by atoms with Gasteiger partial charge in [0.25, 0.3) is 0 Å². The SMILES string of the molecule is CC(C)(C)c1cccc2c1oc1c(N(c3ccccc3)c3ccc4c5c(ccc4c3)-c3c(cc(N(c4ccccc4)c4cccc6c4oc4c(C(C)(C)C)cccc46)c4ccccc34)C53c4ccccc4-c4ccccc43)cccc12. The standard InChI is InChI=1S/C77H58N2O2/c1-75(2,3)63-37-19-31-56-58-33-21-39-66(73(58)80-71(56)63)78(48-23-9-7-10-24-48)50-42-44-51-47(45-50)41-43-60-69-55-30-14-13-29-54(55)68(46-65(69)77(70(51)60)61-35-17-15-27-52(61)53-28-16-18-36-62(53)77)79(49-25-11-8-12-26-49)67-40-22-34-59-57-32-20-38-64(76(4,5)6)72(57)81-74(59)67/h7-46H,1-6H3. The smallest absolute Gasteiger partial charge is 0.159 e. The van der Waals surface area contributed by atoms with Crippen LogP contribution in [0.3, 0.4) is 0 Å². The van der Waals surface area contributed by atoms with Crippen LogP contribution in [0.15, 0.2) is 251 Å². The second kappa shape index (κ2) is 17.2. The molecule has 0 saturated heterocycles. The van der Waals surface area contributed by atoms with E-state index in [-0.39, 0.29) is 10.8 Å². The second-order valence-electron chi connectivity index (χ2n) is 24.3. The largest absolute Gasteiger partial charge is 0.454 e. The molecular weight excluding hydrogens is 985 g/mol. The Balaban J connectivity index is 0.972. The summed E-state index contributed by atoms with van der Waals surface area (Å²) >= 11 is 0. The van der Waals surface area contributed by atoms with Gasteiger partial charge in [0.15, 0.2) is 11.2 Å². The highest BCUT2D eigenvalue weighted by Crippen LogP contribution is 2.66. The summed E-state index contributed by atoms with van der Waals surface area (Å²) in [4.78, 5) is 4.84. The van der Waals surface area contributed by atoms with Gasteiger partial charge in [0.05, 0.1) is 22.5 Å². The summed E-state index contributed by atoms with van der Waals surface area (Å²) in [5, 5.41) is 9.21. The first-order valence-electron chi connectivity index (χ1n) is 28.4. The number of hydrogen-bond donors (Lipinski definition) is 0. The number of anilines is 6. The Bertz CT molecular complexity index is 4870. The molecule has 4 nitrogen and oxygen atoms in total. The van der Waals surface area contributed by atoms with Crippen molar-refractivity contribution >= 4 is 99.5 Å². The summed E-state index contributed by atoms with van der Waals surface area (Å²) in [6.45, 7) is 13.6. The highest BCUT2D eigenvalue weighted by atomic mass is 16.3. The van der Waals surface area contributed by atoms with Crippen molar-refractivity contribution in [2.75, 3.05) is 9.80 Å². The molecule has 81 heavy (non-hydrogen) atoms. The lowest BCUT2D eigenvalue weighted by Gasteiger charge is -2.33. The molecule has 4 heteroatoms. The van der Waals surface area contributed by atoms with Gasteiger partial charge in [-0.05, 0) is 126 Å². The van der Waals surface area contributed by atoms with Crippen LogP contribution < -0.4 is 9.80 Å². The topological polar surface area (TPSA) is 32.8 Å². The van der Waals surface area contributed by atoms with Crippen LogP contribution in [0, 0.1) is 0 Å². The molecule has 0 bridgehead atoms. The van der Waals surface area contributed by atoms with Crippen LogP contribution in [0.1, 0.15) is 74.9 Å². The molecule has 388 valence electrons. The average Bonchev–Trinajstić information content (AvgIpc) is 2.39. The first-order valence-corrected chi connectivity index (χ1v) is 28.4. The Hall–Kier alpha value is -9.64. The maximum atomic E-state index is 7.24. The third kappa shape index (κ3) is 6.71. The van der Waals surface area contributed by atoms with Crippen molar-refractivity contribution in [2.45, 2.75) is 57.8 Å². The molecular formula is C77H58N2O2. The molecule has 1 spiro atoms. The lowest BCUT2D eigenvalue weighted by atomic mass is 9.69. The number of rotatable bonds is 6. The molecule has 0 unspecified atom stereocenters. The van der Waals surface area contributed by atoms with Crippen molar-refractivity contribution in [1.82, 2.24) is 0 Å². The Morgan fingerprint density at radius 1 is 0.309 bits per heavy atom. The number of nitrogens with zero attached hydrogens (tertiary/aromatic N) is 2. The highest BCUT2D eigenvalue weighted by molar-refractivity contribution is 6.18. The Kier molecular flexibility index (Phi) is 10.0. The fourth-order valence-electron chi connectivity index (χ4n) is 14.3. The number of furan rings is 2. The predicted molar refractivity (Wildman–Crippen MR) is 339 cm³/mol. The van der Waals surface area contributed by atoms with Gasteiger partial charge in [0, 0.05) is 55.1 Å². The summed E-state index contributed by atoms with van der Waals surface area (Å²) < 4.78 is 14.3. The normalized spacial score (nSPS) is 13.4. The van der Waals surface area contributed by atoms with E-state index in [9.17, 15) is 0 Å². The zero-order valence-electron chi connectivity index (χ0n) is 46.3. The summed E-state index contributed by atoms with van der Waals surface area (Å²) in [7, 11) is 0. The van der Waals surface area contributed by atoms with E-state index in [1.807, 2.05) is 0 Å². The molecule has 16 rings (SSSR count). The maximum Gasteiger partial charge on any atom is 0.159 e. The lowest BCUT2D eigenvalue weighted by molar-refractivity contribution is 0.572. The minimum atomic E-state index is -0.684. The van der Waals surface area contributed by atoms with Crippen molar-refractivity contribution in [3.63, 3.8) is 0 Å². The molecule has 0 saturated carbocycles. The van der Waals surface area contributed by atoms with E-state index < -0.39 is 5.41 Å². The van der Waals surface area contributed by atoms with Crippen molar-refractivity contribution in [1.29, 1.82) is 0 Å². The Labute approximate surface area is 471 Å². The van der Waals surface area contributed by atoms with E-state index >= 15 is 0 Å². The summed E-state index contributed by atoms with van der Waals surface area (Å²) in [5.41, 5.74) is 21.6. The van der Waals surface area contributed by atoms with Crippen LogP contribution >= 0.6 is 0 Å². The van der Waals surface area contributed by atoms with E-state index in [1.54, 1.807) is 0 Å². The number of benzene rings is 12. The third-order valence-corrected chi connectivity index (χ3v) is 17.7. The molecule has 0 fully saturated rings. The van der Waals surface area contributed by atoms with Gasteiger partial charge in [0.1, 0.15) is 11.2 Å². The van der Waals surface area contributed by atoms with Gasteiger partial charge in [-0.25, -0.2) is 0 Å².